The molecule has 2 rings (SSSR count). The van der Waals surface area contributed by atoms with E-state index in [-0.39, 0.29) is 0 Å². The first-order chi connectivity index (χ1) is 6.81. The molecular formula is C11H11ClN2. The maximum absolute atomic E-state index is 5.95. The van der Waals surface area contributed by atoms with Crippen LogP contribution in [0.3, 0.4) is 0 Å². The molecule has 1 aromatic heterocycles. The maximum atomic E-state index is 5.95. The highest BCUT2D eigenvalue weighted by molar-refractivity contribution is 6.29. The molecular weight excluding hydrogens is 196 g/mol. The fourth-order valence-corrected chi connectivity index (χ4v) is 1.56. The van der Waals surface area contributed by atoms with Gasteiger partial charge in [0.2, 0.25) is 0 Å². The monoisotopic (exact) mass is 206 g/mol. The van der Waals surface area contributed by atoms with Crippen molar-refractivity contribution in [3.63, 3.8) is 0 Å². The van der Waals surface area contributed by atoms with E-state index in [0.717, 1.165) is 12.1 Å². The van der Waals surface area contributed by atoms with Crippen LogP contribution in [0.25, 0.3) is 5.69 Å². The average molecular weight is 207 g/mol. The summed E-state index contributed by atoms with van der Waals surface area (Å²) in [6.45, 7) is 2.14. The number of hydrogen-bond donors (Lipinski definition) is 0. The summed E-state index contributed by atoms with van der Waals surface area (Å²) >= 11 is 5.95. The third-order valence-electron chi connectivity index (χ3n) is 2.22. The number of rotatable bonds is 2. The lowest BCUT2D eigenvalue weighted by Gasteiger charge is -2.04. The molecule has 0 aliphatic rings. The first kappa shape index (κ1) is 9.28. The van der Waals surface area contributed by atoms with Gasteiger partial charge >= 0.3 is 0 Å². The first-order valence-electron chi connectivity index (χ1n) is 4.58. The number of benzene rings is 1. The van der Waals surface area contributed by atoms with E-state index in [9.17, 15) is 0 Å². The van der Waals surface area contributed by atoms with Gasteiger partial charge in [0.1, 0.15) is 11.5 Å². The number of hydrogen-bond acceptors (Lipinski definition) is 1. The minimum absolute atomic E-state index is 0.634. The van der Waals surface area contributed by atoms with Crippen LogP contribution in [0.1, 0.15) is 12.5 Å². The Morgan fingerprint density at radius 2 is 2.00 bits per heavy atom. The molecule has 72 valence electrons. The molecule has 0 aliphatic carbocycles. The van der Waals surface area contributed by atoms with E-state index in [1.54, 1.807) is 12.5 Å². The van der Waals surface area contributed by atoms with E-state index in [4.69, 9.17) is 11.6 Å². The Hall–Kier alpha value is -1.28. The minimum Gasteiger partial charge on any atom is -0.290 e. The van der Waals surface area contributed by atoms with E-state index >= 15 is 0 Å². The fourth-order valence-electron chi connectivity index (χ4n) is 1.36. The van der Waals surface area contributed by atoms with Crippen molar-refractivity contribution in [2.24, 2.45) is 0 Å². The fraction of sp³-hybridized carbons (Fsp3) is 0.182. The predicted molar refractivity (Wildman–Crippen MR) is 58.0 cm³/mol. The van der Waals surface area contributed by atoms with Crippen LogP contribution in [0.2, 0.25) is 5.15 Å². The van der Waals surface area contributed by atoms with E-state index in [1.807, 2.05) is 16.7 Å². The van der Waals surface area contributed by atoms with Crippen LogP contribution >= 0.6 is 11.6 Å². The Morgan fingerprint density at radius 3 is 2.50 bits per heavy atom. The van der Waals surface area contributed by atoms with Gasteiger partial charge < -0.3 is 0 Å². The normalized spacial score (nSPS) is 10.4. The first-order valence-corrected chi connectivity index (χ1v) is 4.96. The largest absolute Gasteiger partial charge is 0.290 e. The van der Waals surface area contributed by atoms with Gasteiger partial charge in [-0.15, -0.1) is 0 Å². The third-order valence-corrected chi connectivity index (χ3v) is 2.50. The quantitative estimate of drug-likeness (QED) is 0.739. The van der Waals surface area contributed by atoms with Gasteiger partial charge in [0, 0.05) is 5.69 Å². The number of halogens is 1. The van der Waals surface area contributed by atoms with Crippen molar-refractivity contribution in [1.29, 1.82) is 0 Å². The highest BCUT2D eigenvalue weighted by Gasteiger charge is 2.00. The van der Waals surface area contributed by atoms with Crippen molar-refractivity contribution in [2.75, 3.05) is 0 Å². The molecule has 14 heavy (non-hydrogen) atoms. The lowest BCUT2D eigenvalue weighted by molar-refractivity contribution is 1.05. The molecule has 0 N–H and O–H groups in total. The Bertz CT molecular complexity index is 417. The molecule has 2 nitrogen and oxygen atoms in total. The van der Waals surface area contributed by atoms with Crippen LogP contribution in [-0.4, -0.2) is 9.55 Å². The van der Waals surface area contributed by atoms with Gasteiger partial charge in [-0.25, -0.2) is 4.98 Å². The van der Waals surface area contributed by atoms with Crippen LogP contribution < -0.4 is 0 Å². The second-order valence-electron chi connectivity index (χ2n) is 3.11. The number of nitrogens with zero attached hydrogens (tertiary/aromatic N) is 2. The van der Waals surface area contributed by atoms with Crippen molar-refractivity contribution in [1.82, 2.24) is 9.55 Å². The average Bonchev–Trinajstić information content (AvgIpc) is 2.65. The van der Waals surface area contributed by atoms with Gasteiger partial charge in [-0.3, -0.25) is 4.57 Å². The van der Waals surface area contributed by atoms with Gasteiger partial charge in [0.25, 0.3) is 0 Å². The third kappa shape index (κ3) is 1.66. The predicted octanol–water partition coefficient (Wildman–Crippen LogP) is 3.09. The summed E-state index contributed by atoms with van der Waals surface area (Å²) in [7, 11) is 0. The van der Waals surface area contributed by atoms with Crippen LogP contribution in [-0.2, 0) is 6.42 Å². The van der Waals surface area contributed by atoms with Crippen LogP contribution in [0.5, 0.6) is 0 Å². The highest BCUT2D eigenvalue weighted by atomic mass is 35.5. The van der Waals surface area contributed by atoms with E-state index in [2.05, 4.69) is 24.0 Å². The van der Waals surface area contributed by atoms with Crippen molar-refractivity contribution in [3.8, 4) is 5.69 Å². The molecule has 2 aromatic rings. The number of aryl methyl sites for hydroxylation is 1. The zero-order valence-corrected chi connectivity index (χ0v) is 8.70. The molecule has 0 amide bonds. The van der Waals surface area contributed by atoms with Crippen molar-refractivity contribution >= 4 is 11.6 Å². The zero-order chi connectivity index (χ0) is 9.97. The van der Waals surface area contributed by atoms with E-state index in [1.165, 1.54) is 5.56 Å². The van der Waals surface area contributed by atoms with E-state index in [0.29, 0.717) is 5.15 Å². The van der Waals surface area contributed by atoms with Crippen molar-refractivity contribution in [3.05, 3.63) is 47.5 Å². The topological polar surface area (TPSA) is 17.8 Å². The lowest BCUT2D eigenvalue weighted by atomic mass is 10.1. The van der Waals surface area contributed by atoms with Crippen LogP contribution in [0.15, 0.2) is 36.8 Å². The summed E-state index contributed by atoms with van der Waals surface area (Å²) in [6.07, 6.45) is 4.40. The molecule has 0 spiro atoms. The summed E-state index contributed by atoms with van der Waals surface area (Å²) in [5, 5.41) is 0.634. The molecule has 0 saturated heterocycles. The summed E-state index contributed by atoms with van der Waals surface area (Å²) in [6, 6.07) is 8.30. The minimum atomic E-state index is 0.634. The van der Waals surface area contributed by atoms with Crippen LogP contribution in [0, 0.1) is 0 Å². The van der Waals surface area contributed by atoms with Gasteiger partial charge in [-0.05, 0) is 24.1 Å². The second kappa shape index (κ2) is 3.84. The highest BCUT2D eigenvalue weighted by Crippen LogP contribution is 2.15. The molecule has 1 aromatic carbocycles. The summed E-state index contributed by atoms with van der Waals surface area (Å²) in [5.41, 5.74) is 2.37. The van der Waals surface area contributed by atoms with Crippen molar-refractivity contribution in [2.45, 2.75) is 13.3 Å². The Kier molecular flexibility index (Phi) is 2.55. The maximum Gasteiger partial charge on any atom is 0.133 e. The van der Waals surface area contributed by atoms with Gasteiger partial charge in [0.05, 0.1) is 6.20 Å². The molecule has 0 fully saturated rings. The molecule has 0 radical (unpaired) electrons. The molecule has 0 saturated carbocycles. The molecule has 1 heterocycles. The van der Waals surface area contributed by atoms with Gasteiger partial charge in [0.15, 0.2) is 0 Å². The SMILES string of the molecule is CCc1ccc(-n2cncc2Cl)cc1. The molecule has 0 unspecified atom stereocenters. The van der Waals surface area contributed by atoms with Crippen molar-refractivity contribution < 1.29 is 0 Å². The van der Waals surface area contributed by atoms with Gasteiger partial charge in [-0.2, -0.15) is 0 Å². The summed E-state index contributed by atoms with van der Waals surface area (Å²) in [5.74, 6) is 0. The standard InChI is InChI=1S/C11H11ClN2/c1-2-9-3-5-10(6-4-9)14-8-13-7-11(14)12/h3-8H,2H2,1H3. The van der Waals surface area contributed by atoms with Crippen LogP contribution in [0.4, 0.5) is 0 Å². The van der Waals surface area contributed by atoms with Gasteiger partial charge in [-0.1, -0.05) is 30.7 Å². The second-order valence-corrected chi connectivity index (χ2v) is 3.49. The van der Waals surface area contributed by atoms with E-state index < -0.39 is 0 Å². The Morgan fingerprint density at radius 1 is 1.29 bits per heavy atom. The Balaban J connectivity index is 2.39. The molecule has 0 bridgehead atoms. The lowest BCUT2D eigenvalue weighted by Crippen LogP contribution is -1.91. The molecule has 0 aliphatic heterocycles. The smallest absolute Gasteiger partial charge is 0.133 e. The summed E-state index contributed by atoms with van der Waals surface area (Å²) in [4.78, 5) is 3.97. The molecule has 0 atom stereocenters. The summed E-state index contributed by atoms with van der Waals surface area (Å²) < 4.78 is 1.85. The zero-order valence-electron chi connectivity index (χ0n) is 7.94. The molecule has 3 heteroatoms. The Labute approximate surface area is 88.2 Å². The number of imidazole rings is 1. The number of aromatic nitrogens is 2.